The summed E-state index contributed by atoms with van der Waals surface area (Å²) in [6.45, 7) is 0.682. The Morgan fingerprint density at radius 1 is 0.453 bits per heavy atom. The van der Waals surface area contributed by atoms with E-state index in [1.54, 1.807) is 0 Å². The van der Waals surface area contributed by atoms with Gasteiger partial charge in [0.1, 0.15) is 0 Å². The summed E-state index contributed by atoms with van der Waals surface area (Å²) in [5.74, 6) is 1.60. The number of para-hydroxylation sites is 3. The fraction of sp³-hybridized carbons (Fsp3) is 0.0208. The molecule has 1 aromatic heterocycles. The van der Waals surface area contributed by atoms with Crippen molar-refractivity contribution >= 4 is 53.6 Å². The second-order valence-corrected chi connectivity index (χ2v) is 21.4. The Bertz CT molecular complexity index is 2550. The molecule has 0 saturated carbocycles. The summed E-state index contributed by atoms with van der Waals surface area (Å²) >= 11 is -3.33. The third-order valence-corrected chi connectivity index (χ3v) is 20.9. The molecule has 5 heteroatoms. The van der Waals surface area contributed by atoms with Gasteiger partial charge in [0, 0.05) is 5.56 Å². The van der Waals surface area contributed by atoms with Crippen molar-refractivity contribution in [3.8, 4) is 33.9 Å². The van der Waals surface area contributed by atoms with E-state index in [2.05, 4.69) is 198 Å². The summed E-state index contributed by atoms with van der Waals surface area (Å²) in [4.78, 5) is 9.80. The van der Waals surface area contributed by atoms with E-state index in [0.717, 1.165) is 28.6 Å². The Hall–Kier alpha value is -6.37. The average Bonchev–Trinajstić information content (AvgIpc) is 3.76. The van der Waals surface area contributed by atoms with Crippen molar-refractivity contribution < 1.29 is 4.74 Å². The van der Waals surface area contributed by atoms with E-state index < -0.39 is 13.3 Å². The predicted octanol–water partition coefficient (Wildman–Crippen LogP) is 9.15. The van der Waals surface area contributed by atoms with Gasteiger partial charge in [-0.2, -0.15) is 0 Å². The van der Waals surface area contributed by atoms with Gasteiger partial charge in [-0.15, -0.1) is 0 Å². The van der Waals surface area contributed by atoms with Crippen LogP contribution in [0, 0.1) is 0 Å². The van der Waals surface area contributed by atoms with E-state index in [0.29, 0.717) is 6.67 Å². The smallest absolute Gasteiger partial charge is 0.0543 e. The van der Waals surface area contributed by atoms with E-state index in [9.17, 15) is 0 Å². The van der Waals surface area contributed by atoms with Gasteiger partial charge in [0.2, 0.25) is 0 Å². The fourth-order valence-corrected chi connectivity index (χ4v) is 19.1. The minimum absolute atomic E-state index is 0.682. The third-order valence-electron chi connectivity index (χ3n) is 10.7. The Morgan fingerprint density at radius 2 is 1.08 bits per heavy atom. The third kappa shape index (κ3) is 5.17. The van der Waals surface area contributed by atoms with Crippen molar-refractivity contribution in [2.45, 2.75) is 0 Å². The van der Waals surface area contributed by atoms with E-state index in [1.165, 1.54) is 45.6 Å². The first kappa shape index (κ1) is 31.4. The number of anilines is 4. The first-order valence-corrected chi connectivity index (χ1v) is 22.3. The molecule has 0 saturated heterocycles. The van der Waals surface area contributed by atoms with Crippen molar-refractivity contribution in [3.63, 3.8) is 0 Å². The number of fused-ring (bicyclic) bond motifs is 4. The molecular weight excluding hydrogens is 707 g/mol. The summed E-state index contributed by atoms with van der Waals surface area (Å²) in [6.07, 6.45) is 1.92. The maximum Gasteiger partial charge on any atom is -0.0543 e. The van der Waals surface area contributed by atoms with Gasteiger partial charge < -0.3 is 0 Å². The Labute approximate surface area is 312 Å². The molecule has 10 rings (SSSR count). The molecule has 0 fully saturated rings. The SMILES string of the molecule is c1ccc(-c2ccccc2N2CN(c3cccc(Oc4cc[c]5c(c4)-c4nccc[c]4[Ge]5([c]4ccccc4)[c]4ccccc4)c3)c3ccccc32)cc1. The van der Waals surface area contributed by atoms with Crippen LogP contribution in [0.15, 0.2) is 200 Å². The molecule has 2 aliphatic rings. The predicted molar refractivity (Wildman–Crippen MR) is 221 cm³/mol. The topological polar surface area (TPSA) is 28.6 Å². The second kappa shape index (κ2) is 13.0. The molecule has 0 spiro atoms. The van der Waals surface area contributed by atoms with E-state index in [-0.39, 0.29) is 0 Å². The normalized spacial score (nSPS) is 13.7. The Kier molecular flexibility index (Phi) is 7.69. The van der Waals surface area contributed by atoms with Crippen LogP contribution in [0.4, 0.5) is 22.7 Å². The van der Waals surface area contributed by atoms with Crippen molar-refractivity contribution in [1.29, 1.82) is 0 Å². The van der Waals surface area contributed by atoms with Crippen LogP contribution >= 0.6 is 0 Å². The Balaban J connectivity index is 1.01. The number of aromatic nitrogens is 1. The molecule has 0 aliphatic carbocycles. The largest absolute Gasteiger partial charge is 0.0616 e. The zero-order valence-electron chi connectivity index (χ0n) is 29.0. The zero-order chi connectivity index (χ0) is 35.2. The quantitative estimate of drug-likeness (QED) is 0.153. The van der Waals surface area contributed by atoms with E-state index in [4.69, 9.17) is 9.72 Å². The van der Waals surface area contributed by atoms with Crippen LogP contribution in [0.5, 0.6) is 11.5 Å². The van der Waals surface area contributed by atoms with Crippen LogP contribution in [-0.2, 0) is 0 Å². The monoisotopic (exact) mass is 743 g/mol. The van der Waals surface area contributed by atoms with Gasteiger partial charge in [0.15, 0.2) is 0 Å². The van der Waals surface area contributed by atoms with Crippen LogP contribution < -0.4 is 32.1 Å². The first-order valence-electron chi connectivity index (χ1n) is 18.1. The molecule has 0 bridgehead atoms. The van der Waals surface area contributed by atoms with Crippen molar-refractivity contribution in [1.82, 2.24) is 4.98 Å². The Morgan fingerprint density at radius 3 is 1.81 bits per heavy atom. The number of benzene rings is 7. The summed E-state index contributed by atoms with van der Waals surface area (Å²) in [5, 5.41) is 0. The van der Waals surface area contributed by atoms with E-state index >= 15 is 0 Å². The molecule has 4 nitrogen and oxygen atoms in total. The summed E-state index contributed by atoms with van der Waals surface area (Å²) in [6, 6.07) is 69.6. The van der Waals surface area contributed by atoms with Crippen LogP contribution in [-0.4, -0.2) is 24.9 Å². The van der Waals surface area contributed by atoms with Crippen molar-refractivity contribution in [2.24, 2.45) is 0 Å². The van der Waals surface area contributed by atoms with Gasteiger partial charge in [-0.3, -0.25) is 0 Å². The second-order valence-electron chi connectivity index (χ2n) is 13.6. The molecule has 252 valence electrons. The van der Waals surface area contributed by atoms with Crippen LogP contribution in [0.3, 0.4) is 0 Å². The number of hydrogen-bond acceptors (Lipinski definition) is 4. The molecule has 0 unspecified atom stereocenters. The molecule has 2 aliphatic heterocycles. The maximum atomic E-state index is 6.73. The van der Waals surface area contributed by atoms with Gasteiger partial charge in [0.25, 0.3) is 0 Å². The molecule has 8 aromatic rings. The molecular formula is C48H35GeN3O. The molecule has 7 aromatic carbocycles. The number of nitrogens with zero attached hydrogens (tertiary/aromatic N) is 3. The summed E-state index contributed by atoms with van der Waals surface area (Å²) < 4.78 is 12.3. The van der Waals surface area contributed by atoms with Gasteiger partial charge in [-0.25, -0.2) is 0 Å². The number of hydrogen-bond donors (Lipinski definition) is 0. The summed E-state index contributed by atoms with van der Waals surface area (Å²) in [5.41, 5.74) is 9.25. The van der Waals surface area contributed by atoms with Crippen molar-refractivity contribution in [2.75, 3.05) is 16.5 Å². The maximum absolute atomic E-state index is 6.73. The van der Waals surface area contributed by atoms with Gasteiger partial charge >= 0.3 is 242 Å². The number of ether oxygens (including phenoxy) is 1. The first-order chi connectivity index (χ1) is 26.3. The van der Waals surface area contributed by atoms with Gasteiger partial charge in [-0.05, 0) is 11.6 Å². The standard InChI is InChI=1S/C48H35GeN3O/c1-4-16-35(17-5-1)41-24-10-11-26-45(41)52-34-51(46-27-12-13-28-47(46)52)38-22-14-23-39(32-38)53-40-29-30-43-42(33-40)48-44(25-15-31-50-48)49(43,36-18-6-2-7-19-36)37-20-8-3-9-21-37/h1-33H,34H2. The van der Waals surface area contributed by atoms with Gasteiger partial charge in [-0.1, -0.05) is 54.6 Å². The fourth-order valence-electron chi connectivity index (χ4n) is 8.41. The van der Waals surface area contributed by atoms with Crippen LogP contribution in [0.25, 0.3) is 22.4 Å². The molecule has 0 atom stereocenters. The van der Waals surface area contributed by atoms with E-state index in [1.807, 2.05) is 12.3 Å². The molecule has 3 heterocycles. The van der Waals surface area contributed by atoms with Crippen LogP contribution in [0.1, 0.15) is 0 Å². The van der Waals surface area contributed by atoms with Crippen LogP contribution in [0.2, 0.25) is 0 Å². The average molecular weight is 742 g/mol. The zero-order valence-corrected chi connectivity index (χ0v) is 31.1. The minimum Gasteiger partial charge on any atom is -0.0616 e. The molecule has 0 N–H and O–H groups in total. The number of rotatable bonds is 7. The molecule has 0 amide bonds. The van der Waals surface area contributed by atoms with Crippen molar-refractivity contribution in [3.05, 3.63) is 200 Å². The minimum atomic E-state index is -3.33. The number of pyridine rings is 1. The summed E-state index contributed by atoms with van der Waals surface area (Å²) in [7, 11) is 0. The molecule has 0 radical (unpaired) electrons. The molecule has 53 heavy (non-hydrogen) atoms. The van der Waals surface area contributed by atoms with Gasteiger partial charge in [0.05, 0.1) is 0 Å².